The van der Waals surface area contributed by atoms with Crippen molar-refractivity contribution in [3.8, 4) is 11.1 Å². The van der Waals surface area contributed by atoms with Crippen LogP contribution < -0.4 is 0 Å². The molecular formula is C14H14Br2FN. The summed E-state index contributed by atoms with van der Waals surface area (Å²) in [6.07, 6.45) is 2.06. The van der Waals surface area contributed by atoms with Gasteiger partial charge in [0.15, 0.2) is 0 Å². The van der Waals surface area contributed by atoms with Crippen molar-refractivity contribution in [2.75, 3.05) is 0 Å². The van der Waals surface area contributed by atoms with Crippen molar-refractivity contribution < 1.29 is 4.39 Å². The van der Waals surface area contributed by atoms with E-state index < -0.39 is 0 Å². The maximum atomic E-state index is 13.0. The molecule has 0 aliphatic rings. The van der Waals surface area contributed by atoms with Crippen LogP contribution in [0.5, 0.6) is 0 Å². The minimum Gasteiger partial charge on any atom is -0.347 e. The summed E-state index contributed by atoms with van der Waals surface area (Å²) in [5.74, 6) is -0.210. The molecule has 0 N–H and O–H groups in total. The quantitative estimate of drug-likeness (QED) is 0.610. The van der Waals surface area contributed by atoms with Crippen LogP contribution in [0.2, 0.25) is 0 Å². The highest BCUT2D eigenvalue weighted by Gasteiger charge is 2.17. The van der Waals surface area contributed by atoms with Crippen LogP contribution in [0.25, 0.3) is 11.1 Å². The highest BCUT2D eigenvalue weighted by atomic mass is 79.9. The lowest BCUT2D eigenvalue weighted by atomic mass is 10.1. The van der Waals surface area contributed by atoms with Crippen LogP contribution >= 0.6 is 31.9 Å². The van der Waals surface area contributed by atoms with Gasteiger partial charge in [-0.25, -0.2) is 4.39 Å². The summed E-state index contributed by atoms with van der Waals surface area (Å²) >= 11 is 7.13. The highest BCUT2D eigenvalue weighted by molar-refractivity contribution is 9.24. The fourth-order valence-electron chi connectivity index (χ4n) is 2.01. The second kappa shape index (κ2) is 5.57. The summed E-state index contributed by atoms with van der Waals surface area (Å²) < 4.78 is 15.2. The zero-order valence-corrected chi connectivity index (χ0v) is 13.4. The Hall–Kier alpha value is -0.610. The zero-order chi connectivity index (χ0) is 13.3. The van der Waals surface area contributed by atoms with Gasteiger partial charge in [0.1, 0.15) is 9.55 Å². The first-order valence-corrected chi connectivity index (χ1v) is 7.58. The lowest BCUT2D eigenvalue weighted by molar-refractivity contribution is 0.588. The molecule has 0 aliphatic heterocycles. The van der Waals surface area contributed by atoms with Gasteiger partial charge in [-0.3, -0.25) is 0 Å². The van der Waals surface area contributed by atoms with E-state index in [1.54, 1.807) is 12.1 Å². The fraction of sp³-hybridized carbons (Fsp3) is 0.286. The Morgan fingerprint density at radius 3 is 2.17 bits per heavy atom. The minimum absolute atomic E-state index is 0.0717. The van der Waals surface area contributed by atoms with E-state index in [1.165, 1.54) is 12.1 Å². The van der Waals surface area contributed by atoms with E-state index in [1.807, 2.05) is 0 Å². The lowest BCUT2D eigenvalue weighted by Crippen LogP contribution is -2.04. The Labute approximate surface area is 123 Å². The second-order valence-corrected chi connectivity index (χ2v) is 7.48. The molecule has 0 saturated heterocycles. The summed E-state index contributed by atoms with van der Waals surface area (Å²) in [5, 5.41) is 0. The first kappa shape index (κ1) is 13.8. The van der Waals surface area contributed by atoms with Gasteiger partial charge in [0, 0.05) is 17.8 Å². The number of aromatic nitrogens is 1. The molecule has 0 radical (unpaired) electrons. The average Bonchev–Trinajstić information content (AvgIpc) is 2.74. The largest absolute Gasteiger partial charge is 0.347 e. The third kappa shape index (κ3) is 2.69. The molecule has 1 nitrogen and oxygen atoms in total. The van der Waals surface area contributed by atoms with Gasteiger partial charge in [0.25, 0.3) is 0 Å². The monoisotopic (exact) mass is 373 g/mol. The van der Waals surface area contributed by atoms with Gasteiger partial charge < -0.3 is 4.57 Å². The van der Waals surface area contributed by atoms with Gasteiger partial charge in [-0.2, -0.15) is 0 Å². The first-order valence-electron chi connectivity index (χ1n) is 5.75. The topological polar surface area (TPSA) is 4.93 Å². The summed E-state index contributed by atoms with van der Waals surface area (Å²) in [6, 6.07) is 9.04. The molecular weight excluding hydrogens is 361 g/mol. The Morgan fingerprint density at radius 2 is 1.67 bits per heavy atom. The maximum absolute atomic E-state index is 13.0. The van der Waals surface area contributed by atoms with E-state index in [2.05, 4.69) is 62.5 Å². The van der Waals surface area contributed by atoms with Crippen LogP contribution in [-0.2, 0) is 0 Å². The molecule has 0 saturated carbocycles. The van der Waals surface area contributed by atoms with Crippen LogP contribution in [0.15, 0.2) is 36.5 Å². The van der Waals surface area contributed by atoms with Gasteiger partial charge in [0.05, 0.1) is 5.69 Å². The average molecular weight is 375 g/mol. The molecule has 0 unspecified atom stereocenters. The van der Waals surface area contributed by atoms with Crippen molar-refractivity contribution in [3.63, 3.8) is 0 Å². The molecule has 0 aliphatic carbocycles. The van der Waals surface area contributed by atoms with Gasteiger partial charge in [-0.1, -0.05) is 44.0 Å². The number of hydrogen-bond donors (Lipinski definition) is 0. The molecule has 0 amide bonds. The zero-order valence-electron chi connectivity index (χ0n) is 10.2. The van der Waals surface area contributed by atoms with Crippen molar-refractivity contribution >= 4 is 31.9 Å². The molecule has 2 aromatic rings. The van der Waals surface area contributed by atoms with Crippen LogP contribution in [0.1, 0.15) is 29.3 Å². The van der Waals surface area contributed by atoms with E-state index >= 15 is 0 Å². The fourth-order valence-corrected chi connectivity index (χ4v) is 2.98. The van der Waals surface area contributed by atoms with Crippen LogP contribution in [0, 0.1) is 5.82 Å². The Bertz CT molecular complexity index is 529. The number of rotatable bonds is 3. The molecule has 0 fully saturated rings. The standard InChI is InChI=1S/C14H14Br2FN/c1-9(2)18-8-7-12(13(18)14(15)16)10-3-5-11(17)6-4-10/h3-9,14H,1-2H3. The molecule has 4 heteroatoms. The molecule has 0 atom stereocenters. The number of benzene rings is 1. The van der Waals surface area contributed by atoms with Crippen molar-refractivity contribution in [2.24, 2.45) is 0 Å². The van der Waals surface area contributed by atoms with Crippen LogP contribution in [0.3, 0.4) is 0 Å². The SMILES string of the molecule is CC(C)n1ccc(-c2ccc(F)cc2)c1C(Br)Br. The van der Waals surface area contributed by atoms with Gasteiger partial charge in [0.2, 0.25) is 0 Å². The predicted octanol–water partition coefficient (Wildman–Crippen LogP) is 5.66. The van der Waals surface area contributed by atoms with Gasteiger partial charge in [-0.15, -0.1) is 0 Å². The molecule has 96 valence electrons. The minimum atomic E-state index is -0.210. The molecule has 2 rings (SSSR count). The number of hydrogen-bond acceptors (Lipinski definition) is 0. The predicted molar refractivity (Wildman–Crippen MR) is 80.8 cm³/mol. The normalized spacial score (nSPS) is 11.5. The molecule has 0 spiro atoms. The van der Waals surface area contributed by atoms with Crippen molar-refractivity contribution in [1.82, 2.24) is 4.57 Å². The van der Waals surface area contributed by atoms with Crippen molar-refractivity contribution in [1.29, 1.82) is 0 Å². The first-order chi connectivity index (χ1) is 8.50. The smallest absolute Gasteiger partial charge is 0.123 e. The maximum Gasteiger partial charge on any atom is 0.123 e. The molecule has 0 bridgehead atoms. The Kier molecular flexibility index (Phi) is 4.28. The van der Waals surface area contributed by atoms with Crippen LogP contribution in [0.4, 0.5) is 4.39 Å². The van der Waals surface area contributed by atoms with Crippen molar-refractivity contribution in [3.05, 3.63) is 48.0 Å². The Morgan fingerprint density at radius 1 is 1.06 bits per heavy atom. The van der Waals surface area contributed by atoms with E-state index in [4.69, 9.17) is 0 Å². The number of nitrogens with zero attached hydrogens (tertiary/aromatic N) is 1. The third-order valence-corrected chi connectivity index (χ3v) is 3.74. The van der Waals surface area contributed by atoms with E-state index in [9.17, 15) is 4.39 Å². The van der Waals surface area contributed by atoms with Gasteiger partial charge >= 0.3 is 0 Å². The highest BCUT2D eigenvalue weighted by Crippen LogP contribution is 2.38. The van der Waals surface area contributed by atoms with Gasteiger partial charge in [-0.05, 0) is 37.6 Å². The summed E-state index contributed by atoms with van der Waals surface area (Å²) in [5.41, 5.74) is 3.29. The molecule has 1 aromatic heterocycles. The molecule has 1 aromatic carbocycles. The molecule has 1 heterocycles. The third-order valence-electron chi connectivity index (χ3n) is 2.87. The molecule has 18 heavy (non-hydrogen) atoms. The Balaban J connectivity index is 2.54. The lowest BCUT2D eigenvalue weighted by Gasteiger charge is -2.16. The number of halogens is 3. The summed E-state index contributed by atoms with van der Waals surface area (Å²) in [7, 11) is 0. The van der Waals surface area contributed by atoms with Crippen molar-refractivity contribution in [2.45, 2.75) is 23.6 Å². The van der Waals surface area contributed by atoms with E-state index in [0.717, 1.165) is 16.8 Å². The second-order valence-electron chi connectivity index (χ2n) is 4.42. The van der Waals surface area contributed by atoms with E-state index in [-0.39, 0.29) is 9.55 Å². The number of alkyl halides is 2. The summed E-state index contributed by atoms with van der Waals surface area (Å²) in [6.45, 7) is 4.28. The van der Waals surface area contributed by atoms with Crippen LogP contribution in [-0.4, -0.2) is 4.57 Å². The van der Waals surface area contributed by atoms with E-state index in [0.29, 0.717) is 6.04 Å². The summed E-state index contributed by atoms with van der Waals surface area (Å²) in [4.78, 5) is 0.